The Balaban J connectivity index is 1.81. The molecule has 0 aliphatic carbocycles. The Morgan fingerprint density at radius 3 is 2.48 bits per heavy atom. The molecule has 4 aromatic rings. The summed E-state index contributed by atoms with van der Waals surface area (Å²) in [5, 5.41) is 7.56. The highest BCUT2D eigenvalue weighted by molar-refractivity contribution is 6.31. The number of nitrogens with two attached hydrogens (primary N) is 1. The Hall–Kier alpha value is -3.59. The molecule has 0 saturated carbocycles. The van der Waals surface area contributed by atoms with E-state index in [9.17, 15) is 4.39 Å². The van der Waals surface area contributed by atoms with Crippen LogP contribution in [0.2, 0.25) is 5.02 Å². The van der Waals surface area contributed by atoms with Crippen LogP contribution >= 0.6 is 11.6 Å². The van der Waals surface area contributed by atoms with Gasteiger partial charge < -0.3 is 11.1 Å². The summed E-state index contributed by atoms with van der Waals surface area (Å²) in [6, 6.07) is 6.23. The van der Waals surface area contributed by atoms with Crippen LogP contribution in [0, 0.1) is 19.7 Å². The minimum Gasteiger partial charge on any atom is -0.368 e. The van der Waals surface area contributed by atoms with Crippen LogP contribution in [0.4, 0.5) is 22.0 Å². The average molecular weight is 411 g/mol. The van der Waals surface area contributed by atoms with Crippen molar-refractivity contribution in [3.63, 3.8) is 0 Å². The molecular weight excluding hydrogens is 395 g/mol. The lowest BCUT2D eigenvalue weighted by molar-refractivity contribution is 0.628. The molecule has 3 heterocycles. The third kappa shape index (κ3) is 3.85. The lowest BCUT2D eigenvalue weighted by atomic mass is 10.1. The Kier molecular flexibility index (Phi) is 4.81. The molecule has 0 amide bonds. The van der Waals surface area contributed by atoms with Crippen molar-refractivity contribution in [2.24, 2.45) is 0 Å². The third-order valence-electron chi connectivity index (χ3n) is 4.14. The van der Waals surface area contributed by atoms with Gasteiger partial charge in [0.25, 0.3) is 0 Å². The van der Waals surface area contributed by atoms with E-state index in [1.807, 2.05) is 19.9 Å². The smallest absolute Gasteiger partial charge is 0.229 e. The van der Waals surface area contributed by atoms with E-state index in [1.165, 1.54) is 12.1 Å². The van der Waals surface area contributed by atoms with Crippen LogP contribution in [-0.4, -0.2) is 29.7 Å². The largest absolute Gasteiger partial charge is 0.368 e. The van der Waals surface area contributed by atoms with Gasteiger partial charge >= 0.3 is 0 Å². The number of rotatable bonds is 4. The highest BCUT2D eigenvalue weighted by atomic mass is 35.5. The second-order valence-electron chi connectivity index (χ2n) is 6.35. The van der Waals surface area contributed by atoms with Gasteiger partial charge in [0.1, 0.15) is 5.82 Å². The number of aromatic nitrogens is 6. The molecule has 0 bridgehead atoms. The summed E-state index contributed by atoms with van der Waals surface area (Å²) >= 11 is 5.85. The number of nitrogens with zero attached hydrogens (tertiary/aromatic N) is 6. The van der Waals surface area contributed by atoms with Crippen LogP contribution in [0.15, 0.2) is 42.9 Å². The molecule has 29 heavy (non-hydrogen) atoms. The van der Waals surface area contributed by atoms with E-state index in [2.05, 4.69) is 30.4 Å². The van der Waals surface area contributed by atoms with Gasteiger partial charge in [-0.25, -0.2) is 24.0 Å². The fourth-order valence-electron chi connectivity index (χ4n) is 2.82. The van der Waals surface area contributed by atoms with Gasteiger partial charge in [-0.2, -0.15) is 10.1 Å². The lowest BCUT2D eigenvalue weighted by Gasteiger charge is -2.13. The molecular formula is C19H16ClFN8. The van der Waals surface area contributed by atoms with Crippen LogP contribution in [-0.2, 0) is 0 Å². The molecule has 0 fully saturated rings. The third-order valence-corrected chi connectivity index (χ3v) is 4.43. The summed E-state index contributed by atoms with van der Waals surface area (Å²) in [6.07, 6.45) is 4.84. The maximum absolute atomic E-state index is 13.4. The quantitative estimate of drug-likeness (QED) is 0.526. The van der Waals surface area contributed by atoms with Crippen LogP contribution in [0.5, 0.6) is 0 Å². The van der Waals surface area contributed by atoms with Crippen molar-refractivity contribution >= 4 is 29.2 Å². The summed E-state index contributed by atoms with van der Waals surface area (Å²) in [5.41, 5.74) is 9.27. The first-order chi connectivity index (χ1) is 13.9. The number of nitrogen functional groups attached to an aromatic ring is 1. The highest BCUT2D eigenvalue weighted by Crippen LogP contribution is 2.27. The van der Waals surface area contributed by atoms with Crippen molar-refractivity contribution in [1.29, 1.82) is 0 Å². The molecule has 0 aliphatic heterocycles. The number of anilines is 3. The summed E-state index contributed by atoms with van der Waals surface area (Å²) in [6.45, 7) is 3.83. The Labute approximate surface area is 170 Å². The summed E-state index contributed by atoms with van der Waals surface area (Å²) in [5.74, 6) is 0.513. The molecule has 0 aliphatic rings. The van der Waals surface area contributed by atoms with E-state index in [0.29, 0.717) is 28.6 Å². The zero-order valence-corrected chi connectivity index (χ0v) is 16.3. The maximum Gasteiger partial charge on any atom is 0.229 e. The molecule has 0 atom stereocenters. The average Bonchev–Trinajstić information content (AvgIpc) is 3.03. The van der Waals surface area contributed by atoms with Crippen molar-refractivity contribution < 1.29 is 4.39 Å². The topological polar surface area (TPSA) is 107 Å². The number of aryl methyl sites for hydroxylation is 2. The van der Waals surface area contributed by atoms with Crippen molar-refractivity contribution in [3.8, 4) is 16.9 Å². The van der Waals surface area contributed by atoms with Gasteiger partial charge in [0.2, 0.25) is 11.9 Å². The first-order valence-electron chi connectivity index (χ1n) is 8.61. The van der Waals surface area contributed by atoms with Crippen LogP contribution < -0.4 is 11.1 Å². The van der Waals surface area contributed by atoms with Gasteiger partial charge in [-0.15, -0.1) is 0 Å². The minimum absolute atomic E-state index is 0.00409. The van der Waals surface area contributed by atoms with E-state index in [4.69, 9.17) is 17.3 Å². The molecule has 0 saturated heterocycles. The summed E-state index contributed by atoms with van der Waals surface area (Å²) in [4.78, 5) is 17.1. The number of nitrogens with one attached hydrogen (secondary N) is 1. The number of hydrogen-bond acceptors (Lipinski definition) is 7. The predicted octanol–water partition coefficient (Wildman–Crippen LogP) is 3.85. The Morgan fingerprint density at radius 2 is 1.83 bits per heavy atom. The summed E-state index contributed by atoms with van der Waals surface area (Å²) in [7, 11) is 0. The van der Waals surface area contributed by atoms with Crippen molar-refractivity contribution in [2.75, 3.05) is 11.1 Å². The van der Waals surface area contributed by atoms with Crippen molar-refractivity contribution in [2.45, 2.75) is 13.8 Å². The molecule has 0 radical (unpaired) electrons. The van der Waals surface area contributed by atoms with Crippen LogP contribution in [0.25, 0.3) is 16.9 Å². The van der Waals surface area contributed by atoms with Gasteiger partial charge in [0.15, 0.2) is 5.82 Å². The molecule has 4 rings (SSSR count). The molecule has 1 aromatic carbocycles. The molecule has 0 unspecified atom stereocenters. The maximum atomic E-state index is 13.4. The van der Waals surface area contributed by atoms with E-state index < -0.39 is 5.82 Å². The second-order valence-corrected chi connectivity index (χ2v) is 6.76. The number of halogens is 2. The number of hydrogen-bond donors (Lipinski definition) is 2. The standard InChI is InChI=1S/C19H16ClFN8/c1-10-5-11(2)29(28-10)17-14(12-7-23-18(22)24-8-12)9-25-19(27-17)26-13-3-4-16(21)15(20)6-13/h3-9H,1-2H3,(H2,22,23,24)(H,25,26,27). The van der Waals surface area contributed by atoms with Crippen molar-refractivity contribution in [3.05, 3.63) is 65.1 Å². The molecule has 10 heteroatoms. The molecule has 146 valence electrons. The van der Waals surface area contributed by atoms with Gasteiger partial charge in [-0.1, -0.05) is 11.6 Å². The molecule has 3 N–H and O–H groups in total. The predicted molar refractivity (Wildman–Crippen MR) is 109 cm³/mol. The SMILES string of the molecule is Cc1cc(C)n(-c2nc(Nc3ccc(F)c(Cl)c3)ncc2-c2cnc(N)nc2)n1. The normalized spacial score (nSPS) is 10.9. The van der Waals surface area contributed by atoms with Crippen LogP contribution in [0.3, 0.4) is 0 Å². The Bertz CT molecular complexity index is 1190. The van der Waals surface area contributed by atoms with E-state index in [0.717, 1.165) is 11.4 Å². The second kappa shape index (κ2) is 7.44. The van der Waals surface area contributed by atoms with Gasteiger partial charge in [-0.3, -0.25) is 0 Å². The molecule has 3 aromatic heterocycles. The highest BCUT2D eigenvalue weighted by Gasteiger charge is 2.16. The molecule has 0 spiro atoms. The van der Waals surface area contributed by atoms with Gasteiger partial charge in [0.05, 0.1) is 10.7 Å². The molecule has 8 nitrogen and oxygen atoms in total. The zero-order chi connectivity index (χ0) is 20.5. The minimum atomic E-state index is -0.500. The van der Waals surface area contributed by atoms with Gasteiger partial charge in [-0.05, 0) is 38.1 Å². The number of benzene rings is 1. The van der Waals surface area contributed by atoms with Crippen LogP contribution in [0.1, 0.15) is 11.4 Å². The first kappa shape index (κ1) is 18.8. The fourth-order valence-corrected chi connectivity index (χ4v) is 3.00. The first-order valence-corrected chi connectivity index (χ1v) is 8.99. The Morgan fingerprint density at radius 1 is 1.07 bits per heavy atom. The monoisotopic (exact) mass is 410 g/mol. The lowest BCUT2D eigenvalue weighted by Crippen LogP contribution is -2.08. The zero-order valence-electron chi connectivity index (χ0n) is 15.6. The van der Waals surface area contributed by atoms with Crippen molar-refractivity contribution in [1.82, 2.24) is 29.7 Å². The van der Waals surface area contributed by atoms with Gasteiger partial charge in [0, 0.05) is 41.1 Å². The van der Waals surface area contributed by atoms with E-state index in [1.54, 1.807) is 29.3 Å². The van der Waals surface area contributed by atoms with E-state index in [-0.39, 0.29) is 11.0 Å². The fraction of sp³-hybridized carbons (Fsp3) is 0.105. The summed E-state index contributed by atoms with van der Waals surface area (Å²) < 4.78 is 15.1. The van der Waals surface area contributed by atoms with E-state index >= 15 is 0 Å².